The van der Waals surface area contributed by atoms with Crippen LogP contribution in [0.2, 0.25) is 0 Å². The monoisotopic (exact) mass is 1920 g/mol. The molecule has 18 aromatic heterocycles. The largest absolute Gasteiger partial charge is 0.255 e. The summed E-state index contributed by atoms with van der Waals surface area (Å²) in [6.45, 7) is 0. The van der Waals surface area contributed by atoms with Crippen molar-refractivity contribution < 1.29 is 0 Å². The standard InChI is InChI=1S/C132H84N18/c1-13-61-133-103(25-1)115-73-97(74-116(145-115)104-26-2-14-62-134-104)85-37-49-91(50-38-85)127-128(92-51-39-86(40-52-92)98-75-117(105-27-3-15-63-135-105)146-118(76-98)106-28-4-16-64-136-106)130(94-55-43-88(44-56-94)100-79-121(109-31-7-19-67-139-109)148-122(80-100)110-32-8-20-68-140-110)132(96-59-47-90(48-60-96)102-83-125(113-35-11-23-71-143-113)150-126(84-102)114-36-12-24-72-144-114)131(95-57-45-89(46-58-95)101-81-123(111-33-9-21-69-141-111)149-124(82-101)112-34-10-22-70-142-112)129(127)93-53-41-87(42-54-93)99-77-119(107-29-5-17-65-137-107)147-120(78-99)108-30-6-18-66-138-108/h1-84H. The number of pyridine rings is 18. The molecule has 25 rings (SSSR count). The molecular formula is C132H84N18. The van der Waals surface area contributed by atoms with E-state index >= 15 is 0 Å². The van der Waals surface area contributed by atoms with Crippen LogP contribution in [0.1, 0.15) is 0 Å². The van der Waals surface area contributed by atoms with Crippen molar-refractivity contribution >= 4 is 0 Å². The average molecular weight is 1920 g/mol. The Bertz CT molecular complexity index is 7410. The van der Waals surface area contributed by atoms with Crippen LogP contribution in [-0.2, 0) is 0 Å². The Kier molecular flexibility index (Phi) is 24.7. The number of benzene rings is 7. The van der Waals surface area contributed by atoms with Crippen molar-refractivity contribution in [3.05, 3.63) is 511 Å². The highest BCUT2D eigenvalue weighted by molar-refractivity contribution is 6.16. The van der Waals surface area contributed by atoms with Gasteiger partial charge in [-0.3, -0.25) is 59.8 Å². The third kappa shape index (κ3) is 18.9. The lowest BCUT2D eigenvalue weighted by Gasteiger charge is -2.29. The number of aromatic nitrogens is 18. The van der Waals surface area contributed by atoms with E-state index in [4.69, 9.17) is 89.7 Å². The molecule has 0 radical (unpaired) electrons. The predicted octanol–water partition coefficient (Wildman–Crippen LogP) is 30.8. The highest BCUT2D eigenvalue weighted by atomic mass is 14.9. The van der Waals surface area contributed by atoms with Crippen molar-refractivity contribution in [1.82, 2.24) is 89.7 Å². The molecule has 0 saturated carbocycles. The molecule has 702 valence electrons. The fourth-order valence-corrected chi connectivity index (χ4v) is 19.4. The summed E-state index contributed by atoms with van der Waals surface area (Å²) in [5, 5.41) is 0. The molecule has 18 nitrogen and oxygen atoms in total. The van der Waals surface area contributed by atoms with Crippen LogP contribution < -0.4 is 0 Å². The van der Waals surface area contributed by atoms with E-state index in [9.17, 15) is 0 Å². The Morgan fingerprint density at radius 1 is 0.0800 bits per heavy atom. The summed E-state index contributed by atoms with van der Waals surface area (Å²) >= 11 is 0. The first-order valence-corrected chi connectivity index (χ1v) is 49.3. The lowest BCUT2D eigenvalue weighted by Crippen LogP contribution is -2.03. The molecule has 7 aromatic carbocycles. The van der Waals surface area contributed by atoms with Gasteiger partial charge in [-0.25, -0.2) is 29.9 Å². The third-order valence-electron chi connectivity index (χ3n) is 26.6. The lowest BCUT2D eigenvalue weighted by molar-refractivity contribution is 1.22. The van der Waals surface area contributed by atoms with Crippen LogP contribution in [0, 0.1) is 0 Å². The Balaban J connectivity index is 0.806. The fraction of sp³-hybridized carbons (Fsp3) is 0. The maximum atomic E-state index is 5.28. The molecule has 0 aliphatic heterocycles. The van der Waals surface area contributed by atoms with Gasteiger partial charge in [-0.15, -0.1) is 0 Å². The Morgan fingerprint density at radius 2 is 0.173 bits per heavy atom. The summed E-state index contributed by atoms with van der Waals surface area (Å²) in [6.07, 6.45) is 21.7. The number of nitrogens with zero attached hydrogens (tertiary/aromatic N) is 18. The van der Waals surface area contributed by atoms with Gasteiger partial charge in [-0.2, -0.15) is 0 Å². The van der Waals surface area contributed by atoms with Crippen LogP contribution >= 0.6 is 0 Å². The van der Waals surface area contributed by atoms with Gasteiger partial charge in [0.15, 0.2) is 0 Å². The molecule has 0 atom stereocenters. The van der Waals surface area contributed by atoms with E-state index in [0.717, 1.165) is 202 Å². The minimum atomic E-state index is 0.700. The first-order valence-electron chi connectivity index (χ1n) is 49.3. The predicted molar refractivity (Wildman–Crippen MR) is 597 cm³/mol. The van der Waals surface area contributed by atoms with E-state index in [-0.39, 0.29) is 0 Å². The quantitative estimate of drug-likeness (QED) is 0.0547. The van der Waals surface area contributed by atoms with E-state index in [0.29, 0.717) is 68.3 Å². The van der Waals surface area contributed by atoms with E-state index in [2.05, 4.69) is 218 Å². The second-order valence-electron chi connectivity index (χ2n) is 36.1. The molecule has 0 unspecified atom stereocenters. The minimum absolute atomic E-state index is 0.700. The fourth-order valence-electron chi connectivity index (χ4n) is 19.4. The van der Waals surface area contributed by atoms with Crippen LogP contribution in [0.25, 0.3) is 270 Å². The molecule has 18 heterocycles. The zero-order chi connectivity index (χ0) is 99.8. The number of rotatable bonds is 24. The maximum Gasteiger partial charge on any atom is 0.0900 e. The van der Waals surface area contributed by atoms with Gasteiger partial charge >= 0.3 is 0 Å². The summed E-state index contributed by atoms with van der Waals surface area (Å²) in [5.74, 6) is 0. The highest BCUT2D eigenvalue weighted by Crippen LogP contribution is 2.58. The van der Waals surface area contributed by atoms with Crippen molar-refractivity contribution in [1.29, 1.82) is 0 Å². The van der Waals surface area contributed by atoms with Gasteiger partial charge in [-0.1, -0.05) is 218 Å². The molecule has 0 spiro atoms. The SMILES string of the molecule is c1ccc(-c2cc(-c3ccc(-c4c(-c5ccc(-c6cc(-c7ccccn7)nc(-c7ccccn7)c6)cc5)c(-c5ccc(-c6cc(-c7ccccn7)nc(-c7ccccn7)c6)cc5)c(-c5ccc(-c6cc(-c7ccccn7)nc(-c7ccccn7)c6)cc5)c(-c5ccc(-c6cc(-c7ccccn7)nc(-c7ccccn7)c6)cc5)c4-c4ccc(-c5cc(-c6ccccn6)nc(-c6ccccn6)c5)cc4)cc3)cc(-c3ccccn3)n2)nc1. The van der Waals surface area contributed by atoms with Gasteiger partial charge in [0, 0.05) is 74.4 Å². The zero-order valence-electron chi connectivity index (χ0n) is 80.5. The summed E-state index contributed by atoms with van der Waals surface area (Å²) < 4.78 is 0. The van der Waals surface area contributed by atoms with Gasteiger partial charge in [0.25, 0.3) is 0 Å². The molecule has 0 aliphatic carbocycles. The molecule has 18 heteroatoms. The van der Waals surface area contributed by atoms with E-state index in [1.54, 1.807) is 74.4 Å². The average Bonchev–Trinajstić information content (AvgIpc) is 0.709. The third-order valence-corrected chi connectivity index (χ3v) is 26.6. The van der Waals surface area contributed by atoms with Crippen LogP contribution in [-0.4, -0.2) is 89.7 Å². The van der Waals surface area contributed by atoms with Crippen LogP contribution in [0.3, 0.4) is 0 Å². The minimum Gasteiger partial charge on any atom is -0.255 e. The lowest BCUT2D eigenvalue weighted by atomic mass is 9.73. The van der Waals surface area contributed by atoms with Crippen molar-refractivity contribution in [3.8, 4) is 270 Å². The van der Waals surface area contributed by atoms with E-state index in [1.165, 1.54) is 0 Å². The Labute approximate surface area is 865 Å². The summed E-state index contributed by atoms with van der Waals surface area (Å²) in [7, 11) is 0. The van der Waals surface area contributed by atoms with Crippen molar-refractivity contribution in [2.24, 2.45) is 0 Å². The second kappa shape index (κ2) is 40.9. The molecule has 0 amide bonds. The molecule has 0 N–H and O–H groups in total. The molecule has 25 aromatic rings. The van der Waals surface area contributed by atoms with E-state index in [1.807, 2.05) is 218 Å². The van der Waals surface area contributed by atoms with Crippen LogP contribution in [0.5, 0.6) is 0 Å². The topological polar surface area (TPSA) is 232 Å². The molecule has 0 aliphatic rings. The molecule has 0 bridgehead atoms. The van der Waals surface area contributed by atoms with Gasteiger partial charge < -0.3 is 0 Å². The van der Waals surface area contributed by atoms with Gasteiger partial charge in [0.05, 0.1) is 137 Å². The van der Waals surface area contributed by atoms with Crippen molar-refractivity contribution in [3.63, 3.8) is 0 Å². The molecular weight excluding hydrogens is 1840 g/mol. The first kappa shape index (κ1) is 90.5. The van der Waals surface area contributed by atoms with Crippen molar-refractivity contribution in [2.75, 3.05) is 0 Å². The van der Waals surface area contributed by atoms with Gasteiger partial charge in [0.2, 0.25) is 0 Å². The van der Waals surface area contributed by atoms with Gasteiger partial charge in [-0.05, 0) is 352 Å². The Morgan fingerprint density at radius 3 is 0.260 bits per heavy atom. The molecule has 0 saturated heterocycles. The highest BCUT2D eigenvalue weighted by Gasteiger charge is 2.32. The van der Waals surface area contributed by atoms with Crippen LogP contribution in [0.15, 0.2) is 511 Å². The molecule has 150 heavy (non-hydrogen) atoms. The Hall–Kier alpha value is -20.8. The normalized spacial score (nSPS) is 11.2. The smallest absolute Gasteiger partial charge is 0.0900 e. The number of hydrogen-bond donors (Lipinski definition) is 0. The van der Waals surface area contributed by atoms with Crippen molar-refractivity contribution in [2.45, 2.75) is 0 Å². The zero-order valence-corrected chi connectivity index (χ0v) is 80.5. The summed E-state index contributed by atoms with van der Waals surface area (Å²) in [5.41, 5.74) is 39.3. The first-order chi connectivity index (χ1) is 74.3. The second-order valence-corrected chi connectivity index (χ2v) is 36.1. The van der Waals surface area contributed by atoms with E-state index < -0.39 is 0 Å². The van der Waals surface area contributed by atoms with Crippen LogP contribution in [0.4, 0.5) is 0 Å². The molecule has 0 fully saturated rings. The maximum absolute atomic E-state index is 5.28. The van der Waals surface area contributed by atoms with Gasteiger partial charge in [0.1, 0.15) is 0 Å². The summed E-state index contributed by atoms with van der Waals surface area (Å²) in [6, 6.07) is 151. The summed E-state index contributed by atoms with van der Waals surface area (Å²) in [4.78, 5) is 90.3. The number of hydrogen-bond acceptors (Lipinski definition) is 18.